The third-order valence-corrected chi connectivity index (χ3v) is 6.48. The summed E-state index contributed by atoms with van der Waals surface area (Å²) in [6.07, 6.45) is 4.59. The lowest BCUT2D eigenvalue weighted by atomic mass is 9.79. The van der Waals surface area contributed by atoms with Crippen LogP contribution in [0.4, 0.5) is 4.39 Å². The third kappa shape index (κ3) is 3.88. The zero-order chi connectivity index (χ0) is 24.6. The van der Waals surface area contributed by atoms with E-state index in [-0.39, 0.29) is 23.7 Å². The molecule has 0 radical (unpaired) electrons. The van der Waals surface area contributed by atoms with Crippen LogP contribution in [-0.2, 0) is 0 Å². The predicted molar refractivity (Wildman–Crippen MR) is 132 cm³/mol. The van der Waals surface area contributed by atoms with Crippen LogP contribution in [0.1, 0.15) is 40.6 Å². The van der Waals surface area contributed by atoms with Gasteiger partial charge >= 0.3 is 0 Å². The van der Waals surface area contributed by atoms with Crippen LogP contribution in [-0.4, -0.2) is 41.7 Å². The minimum atomic E-state index is -0.367. The van der Waals surface area contributed by atoms with Crippen molar-refractivity contribution in [1.29, 1.82) is 0 Å². The molecule has 6 rings (SSSR count). The molecule has 1 amide bonds. The van der Waals surface area contributed by atoms with Crippen LogP contribution in [0.2, 0.25) is 0 Å². The van der Waals surface area contributed by atoms with Gasteiger partial charge in [-0.2, -0.15) is 0 Å². The van der Waals surface area contributed by atoms with Crippen molar-refractivity contribution in [3.63, 3.8) is 0 Å². The number of nitrogens with zero attached hydrogens (tertiary/aromatic N) is 6. The molecule has 178 valence electrons. The van der Waals surface area contributed by atoms with Crippen LogP contribution in [0, 0.1) is 12.7 Å². The first-order valence-corrected chi connectivity index (χ1v) is 11.7. The molecule has 0 aliphatic heterocycles. The Hall–Kier alpha value is -4.53. The lowest BCUT2D eigenvalue weighted by Crippen LogP contribution is -2.44. The quantitative estimate of drug-likeness (QED) is 0.401. The lowest BCUT2D eigenvalue weighted by molar-refractivity contribution is 0.0908. The number of hydrogen-bond donors (Lipinski definition) is 1. The summed E-state index contributed by atoms with van der Waals surface area (Å²) >= 11 is 0. The Balaban J connectivity index is 1.27. The number of halogens is 1. The molecule has 0 atom stereocenters. The van der Waals surface area contributed by atoms with Gasteiger partial charge in [0.25, 0.3) is 5.91 Å². The molecule has 0 bridgehead atoms. The molecule has 4 heterocycles. The van der Waals surface area contributed by atoms with E-state index in [1.54, 1.807) is 47.3 Å². The van der Waals surface area contributed by atoms with Gasteiger partial charge in [-0.25, -0.2) is 9.37 Å². The van der Waals surface area contributed by atoms with E-state index in [1.807, 2.05) is 31.2 Å². The van der Waals surface area contributed by atoms with Gasteiger partial charge in [0.15, 0.2) is 5.82 Å². The topological polar surface area (TPSA) is 98.5 Å². The second kappa shape index (κ2) is 8.92. The molecular formula is C27H22FN7O. The fourth-order valence-electron chi connectivity index (χ4n) is 4.64. The van der Waals surface area contributed by atoms with E-state index >= 15 is 0 Å². The van der Waals surface area contributed by atoms with Crippen LogP contribution in [0.25, 0.3) is 28.2 Å². The summed E-state index contributed by atoms with van der Waals surface area (Å²) in [4.78, 5) is 26.2. The number of pyridine rings is 3. The third-order valence-electron chi connectivity index (χ3n) is 6.48. The molecule has 1 aliphatic rings. The van der Waals surface area contributed by atoms with Crippen molar-refractivity contribution in [3.8, 4) is 17.2 Å². The number of carbonyl (C=O) groups is 1. The van der Waals surface area contributed by atoms with Crippen molar-refractivity contribution in [2.75, 3.05) is 0 Å². The van der Waals surface area contributed by atoms with Crippen molar-refractivity contribution in [2.24, 2.45) is 0 Å². The maximum absolute atomic E-state index is 14.9. The molecule has 0 saturated heterocycles. The van der Waals surface area contributed by atoms with Crippen LogP contribution in [0.15, 0.2) is 73.1 Å². The molecule has 1 fully saturated rings. The second-order valence-corrected chi connectivity index (χ2v) is 8.90. The minimum absolute atomic E-state index is 0.00766. The molecule has 1 aromatic carbocycles. The highest BCUT2D eigenvalue weighted by Gasteiger charge is 2.36. The molecule has 8 nitrogen and oxygen atoms in total. The summed E-state index contributed by atoms with van der Waals surface area (Å²) < 4.78 is 16.6. The van der Waals surface area contributed by atoms with Crippen molar-refractivity contribution < 1.29 is 9.18 Å². The highest BCUT2D eigenvalue weighted by Crippen LogP contribution is 2.39. The number of nitrogens with one attached hydrogen (secondary N) is 1. The van der Waals surface area contributed by atoms with E-state index < -0.39 is 0 Å². The summed E-state index contributed by atoms with van der Waals surface area (Å²) in [5.74, 6) is 0.590. The summed E-state index contributed by atoms with van der Waals surface area (Å²) in [7, 11) is 0. The van der Waals surface area contributed by atoms with Crippen LogP contribution in [0.3, 0.4) is 0 Å². The average molecular weight is 480 g/mol. The lowest BCUT2D eigenvalue weighted by Gasteiger charge is -2.35. The average Bonchev–Trinajstić information content (AvgIpc) is 3.30. The molecule has 0 spiro atoms. The fourth-order valence-corrected chi connectivity index (χ4v) is 4.64. The van der Waals surface area contributed by atoms with Crippen LogP contribution in [0.5, 0.6) is 0 Å². The predicted octanol–water partition coefficient (Wildman–Crippen LogP) is 4.40. The van der Waals surface area contributed by atoms with Gasteiger partial charge in [-0.05, 0) is 62.2 Å². The Kier molecular flexibility index (Phi) is 5.44. The monoisotopic (exact) mass is 479 g/mol. The van der Waals surface area contributed by atoms with E-state index in [0.717, 1.165) is 5.69 Å². The van der Waals surface area contributed by atoms with Crippen molar-refractivity contribution in [2.45, 2.75) is 31.7 Å². The maximum atomic E-state index is 14.9. The van der Waals surface area contributed by atoms with Crippen molar-refractivity contribution in [3.05, 3.63) is 96.0 Å². The van der Waals surface area contributed by atoms with Crippen LogP contribution < -0.4 is 5.32 Å². The highest BCUT2D eigenvalue weighted by atomic mass is 19.1. The molecule has 5 aromatic rings. The van der Waals surface area contributed by atoms with Gasteiger partial charge in [-0.15, -0.1) is 10.2 Å². The molecular weight excluding hydrogens is 457 g/mol. The first kappa shape index (κ1) is 22.0. The van der Waals surface area contributed by atoms with Gasteiger partial charge in [0, 0.05) is 30.0 Å². The molecule has 36 heavy (non-hydrogen) atoms. The summed E-state index contributed by atoms with van der Waals surface area (Å²) in [6, 6.07) is 17.5. The Bertz CT molecular complexity index is 1590. The Morgan fingerprint density at radius 2 is 1.83 bits per heavy atom. The second-order valence-electron chi connectivity index (χ2n) is 8.90. The standard InChI is InChI=1S/C27H22FN7O/c1-16-6-4-8-22(31-16)26-34-33-25(35(26)23-10-3-2-7-20(23)28)17-14-18(15-17)32-27(36)19-11-13-29-21-9-5-12-30-24(19)21/h2-13,17-18H,14-15H2,1H3,(H,32,36). The zero-order valence-electron chi connectivity index (χ0n) is 19.5. The summed E-state index contributed by atoms with van der Waals surface area (Å²) in [6.45, 7) is 1.90. The Labute approximate surface area is 206 Å². The fraction of sp³-hybridized carbons (Fsp3) is 0.185. The van der Waals surface area contributed by atoms with E-state index in [2.05, 4.69) is 30.5 Å². The highest BCUT2D eigenvalue weighted by molar-refractivity contribution is 6.04. The van der Waals surface area contributed by atoms with Crippen molar-refractivity contribution in [1.82, 2.24) is 35.0 Å². The number of benzene rings is 1. The van der Waals surface area contributed by atoms with E-state index in [9.17, 15) is 9.18 Å². The number of rotatable bonds is 5. The summed E-state index contributed by atoms with van der Waals surface area (Å²) in [5.41, 5.74) is 3.57. The van der Waals surface area contributed by atoms with E-state index in [1.165, 1.54) is 6.07 Å². The normalized spacial score (nSPS) is 17.1. The van der Waals surface area contributed by atoms with Gasteiger partial charge in [0.2, 0.25) is 0 Å². The SMILES string of the molecule is Cc1cccc(-c2nnc(C3CC(NC(=O)c4ccnc5cccnc45)C3)n2-c2ccccc2F)n1. The van der Waals surface area contributed by atoms with Gasteiger partial charge in [0.05, 0.1) is 16.8 Å². The first-order valence-electron chi connectivity index (χ1n) is 11.7. The molecule has 1 aliphatic carbocycles. The molecule has 1 N–H and O–H groups in total. The summed E-state index contributed by atoms with van der Waals surface area (Å²) in [5, 5.41) is 11.9. The van der Waals surface area contributed by atoms with Gasteiger partial charge < -0.3 is 5.32 Å². The minimum Gasteiger partial charge on any atom is -0.349 e. The number of aryl methyl sites for hydroxylation is 1. The van der Waals surface area contributed by atoms with Crippen molar-refractivity contribution >= 4 is 16.9 Å². The first-order chi connectivity index (χ1) is 17.6. The number of para-hydroxylation sites is 1. The largest absolute Gasteiger partial charge is 0.349 e. The van der Waals surface area contributed by atoms with Gasteiger partial charge in [0.1, 0.15) is 22.9 Å². The molecule has 9 heteroatoms. The number of amides is 1. The number of aromatic nitrogens is 6. The molecule has 0 unspecified atom stereocenters. The van der Waals surface area contributed by atoms with E-state index in [0.29, 0.717) is 52.5 Å². The molecule has 1 saturated carbocycles. The number of hydrogen-bond acceptors (Lipinski definition) is 6. The van der Waals surface area contributed by atoms with Crippen LogP contribution >= 0.6 is 0 Å². The number of fused-ring (bicyclic) bond motifs is 1. The maximum Gasteiger partial charge on any atom is 0.253 e. The Morgan fingerprint density at radius 1 is 0.972 bits per heavy atom. The smallest absolute Gasteiger partial charge is 0.253 e. The molecule has 4 aromatic heterocycles. The van der Waals surface area contributed by atoms with Gasteiger partial charge in [-0.1, -0.05) is 18.2 Å². The van der Waals surface area contributed by atoms with E-state index in [4.69, 9.17) is 0 Å². The van der Waals surface area contributed by atoms with Gasteiger partial charge in [-0.3, -0.25) is 19.3 Å². The number of carbonyl (C=O) groups excluding carboxylic acids is 1. The zero-order valence-corrected chi connectivity index (χ0v) is 19.5. The Morgan fingerprint density at radius 3 is 2.67 bits per heavy atom.